The van der Waals surface area contributed by atoms with Crippen molar-refractivity contribution in [2.75, 3.05) is 30.5 Å². The Hall–Kier alpha value is -1.23. The summed E-state index contributed by atoms with van der Waals surface area (Å²) < 4.78 is 0. The minimum absolute atomic E-state index is 0.0896. The third kappa shape index (κ3) is 3.63. The summed E-state index contributed by atoms with van der Waals surface area (Å²) in [7, 11) is 2.04. The zero-order chi connectivity index (χ0) is 13.7. The Morgan fingerprint density at radius 1 is 1.50 bits per heavy atom. The SMILES string of the molecule is CSCCCN(C)c1cc(C)nc(C)c1C(=N)N. The molecule has 0 amide bonds. The Morgan fingerprint density at radius 2 is 2.17 bits per heavy atom. The molecular formula is C13H22N4S. The average molecular weight is 266 g/mol. The minimum Gasteiger partial charge on any atom is -0.384 e. The van der Waals surface area contributed by atoms with Crippen LogP contribution in [0, 0.1) is 19.3 Å². The van der Waals surface area contributed by atoms with Crippen LogP contribution in [0.4, 0.5) is 5.69 Å². The molecule has 0 saturated carbocycles. The predicted octanol–water partition coefficient (Wildman–Crippen LogP) is 2.17. The monoisotopic (exact) mass is 266 g/mol. The van der Waals surface area contributed by atoms with E-state index in [0.717, 1.165) is 41.4 Å². The second-order valence-electron chi connectivity index (χ2n) is 4.42. The van der Waals surface area contributed by atoms with Crippen molar-refractivity contribution in [1.29, 1.82) is 5.41 Å². The summed E-state index contributed by atoms with van der Waals surface area (Å²) in [5, 5.41) is 7.70. The fourth-order valence-corrected chi connectivity index (χ4v) is 2.43. The van der Waals surface area contributed by atoms with Crippen molar-refractivity contribution in [2.45, 2.75) is 20.3 Å². The molecule has 0 bridgehead atoms. The topological polar surface area (TPSA) is 66.0 Å². The third-order valence-corrected chi connectivity index (χ3v) is 3.53. The van der Waals surface area contributed by atoms with Gasteiger partial charge in [0.2, 0.25) is 0 Å². The average Bonchev–Trinajstić information content (AvgIpc) is 2.27. The van der Waals surface area contributed by atoms with E-state index in [4.69, 9.17) is 11.1 Å². The lowest BCUT2D eigenvalue weighted by Gasteiger charge is -2.23. The molecule has 3 N–H and O–H groups in total. The van der Waals surface area contributed by atoms with Gasteiger partial charge in [-0.2, -0.15) is 11.8 Å². The number of nitrogens with one attached hydrogen (secondary N) is 1. The quantitative estimate of drug-likeness (QED) is 0.470. The molecule has 1 rings (SSSR count). The van der Waals surface area contributed by atoms with Gasteiger partial charge in [0.1, 0.15) is 5.84 Å². The highest BCUT2D eigenvalue weighted by atomic mass is 32.2. The summed E-state index contributed by atoms with van der Waals surface area (Å²) in [6, 6.07) is 2.00. The summed E-state index contributed by atoms with van der Waals surface area (Å²) >= 11 is 1.85. The molecule has 100 valence electrons. The number of thioether (sulfide) groups is 1. The molecule has 5 heteroatoms. The van der Waals surface area contributed by atoms with Crippen LogP contribution in [0.15, 0.2) is 6.07 Å². The van der Waals surface area contributed by atoms with Gasteiger partial charge >= 0.3 is 0 Å². The van der Waals surface area contributed by atoms with E-state index >= 15 is 0 Å². The van der Waals surface area contributed by atoms with Crippen LogP contribution < -0.4 is 10.6 Å². The van der Waals surface area contributed by atoms with Crippen LogP contribution in [0.5, 0.6) is 0 Å². The Labute approximate surface area is 113 Å². The zero-order valence-electron chi connectivity index (χ0n) is 11.6. The Kier molecular flexibility index (Phi) is 5.47. The largest absolute Gasteiger partial charge is 0.384 e. The van der Waals surface area contributed by atoms with E-state index in [9.17, 15) is 0 Å². The molecule has 0 saturated heterocycles. The molecule has 1 aromatic heterocycles. The number of nitrogen functional groups attached to an aromatic ring is 1. The molecule has 0 aliphatic rings. The number of amidine groups is 1. The maximum Gasteiger partial charge on any atom is 0.126 e. The summed E-state index contributed by atoms with van der Waals surface area (Å²) in [6.45, 7) is 4.84. The van der Waals surface area contributed by atoms with Crippen molar-refractivity contribution in [3.63, 3.8) is 0 Å². The molecule has 0 atom stereocenters. The van der Waals surface area contributed by atoms with Crippen LogP contribution in [0.1, 0.15) is 23.4 Å². The van der Waals surface area contributed by atoms with Crippen molar-refractivity contribution in [3.8, 4) is 0 Å². The van der Waals surface area contributed by atoms with Crippen LogP contribution in [0.2, 0.25) is 0 Å². The summed E-state index contributed by atoms with van der Waals surface area (Å²) in [5.41, 5.74) is 9.23. The van der Waals surface area contributed by atoms with Gasteiger partial charge < -0.3 is 10.6 Å². The van der Waals surface area contributed by atoms with E-state index in [0.29, 0.717) is 0 Å². The smallest absolute Gasteiger partial charge is 0.126 e. The Morgan fingerprint density at radius 3 is 2.72 bits per heavy atom. The predicted molar refractivity (Wildman–Crippen MR) is 81.0 cm³/mol. The Balaban J connectivity index is 3.02. The van der Waals surface area contributed by atoms with Gasteiger partial charge in [0, 0.05) is 19.3 Å². The molecule has 0 radical (unpaired) electrons. The lowest BCUT2D eigenvalue weighted by molar-refractivity contribution is 0.854. The van der Waals surface area contributed by atoms with Crippen LogP contribution in [0.25, 0.3) is 0 Å². The Bertz CT molecular complexity index is 431. The van der Waals surface area contributed by atoms with E-state index < -0.39 is 0 Å². The first-order valence-electron chi connectivity index (χ1n) is 6.00. The number of aromatic nitrogens is 1. The number of rotatable bonds is 6. The number of aryl methyl sites for hydroxylation is 2. The fourth-order valence-electron chi connectivity index (χ4n) is 2.01. The lowest BCUT2D eigenvalue weighted by Crippen LogP contribution is -2.25. The highest BCUT2D eigenvalue weighted by Crippen LogP contribution is 2.23. The first-order valence-corrected chi connectivity index (χ1v) is 7.39. The summed E-state index contributed by atoms with van der Waals surface area (Å²) in [4.78, 5) is 6.54. The minimum atomic E-state index is 0.0896. The van der Waals surface area contributed by atoms with Crippen molar-refractivity contribution in [2.24, 2.45) is 5.73 Å². The van der Waals surface area contributed by atoms with E-state index in [2.05, 4.69) is 16.1 Å². The van der Waals surface area contributed by atoms with Crippen molar-refractivity contribution < 1.29 is 0 Å². The number of nitrogens with zero attached hydrogens (tertiary/aromatic N) is 2. The number of hydrogen-bond acceptors (Lipinski definition) is 4. The lowest BCUT2D eigenvalue weighted by atomic mass is 10.1. The maximum absolute atomic E-state index is 7.70. The molecule has 0 fully saturated rings. The molecule has 0 aliphatic heterocycles. The van der Waals surface area contributed by atoms with Crippen LogP contribution in [0.3, 0.4) is 0 Å². The molecule has 0 aromatic carbocycles. The summed E-state index contributed by atoms with van der Waals surface area (Å²) in [6.07, 6.45) is 3.23. The first-order chi connectivity index (χ1) is 8.47. The number of nitrogens with two attached hydrogens (primary N) is 1. The second kappa shape index (κ2) is 6.64. The number of anilines is 1. The molecular weight excluding hydrogens is 244 g/mol. The molecule has 18 heavy (non-hydrogen) atoms. The fraction of sp³-hybridized carbons (Fsp3) is 0.538. The summed E-state index contributed by atoms with van der Waals surface area (Å²) in [5.74, 6) is 1.23. The third-order valence-electron chi connectivity index (χ3n) is 2.83. The molecule has 1 aromatic rings. The molecule has 0 spiro atoms. The normalized spacial score (nSPS) is 10.4. The molecule has 0 unspecified atom stereocenters. The zero-order valence-corrected chi connectivity index (χ0v) is 12.4. The highest BCUT2D eigenvalue weighted by Gasteiger charge is 2.14. The van der Waals surface area contributed by atoms with Crippen molar-refractivity contribution >= 4 is 23.3 Å². The van der Waals surface area contributed by atoms with Gasteiger partial charge in [0.25, 0.3) is 0 Å². The van der Waals surface area contributed by atoms with Gasteiger partial charge in [0.15, 0.2) is 0 Å². The maximum atomic E-state index is 7.70. The van der Waals surface area contributed by atoms with Crippen LogP contribution in [-0.4, -0.2) is 36.4 Å². The number of hydrogen-bond donors (Lipinski definition) is 2. The van der Waals surface area contributed by atoms with Crippen LogP contribution >= 0.6 is 11.8 Å². The van der Waals surface area contributed by atoms with E-state index in [-0.39, 0.29) is 5.84 Å². The molecule has 0 aliphatic carbocycles. The molecule has 4 nitrogen and oxygen atoms in total. The van der Waals surface area contributed by atoms with Crippen LogP contribution in [-0.2, 0) is 0 Å². The van der Waals surface area contributed by atoms with E-state index in [1.807, 2.05) is 38.7 Å². The van der Waals surface area contributed by atoms with E-state index in [1.54, 1.807) is 0 Å². The van der Waals surface area contributed by atoms with Gasteiger partial charge in [0.05, 0.1) is 16.9 Å². The van der Waals surface area contributed by atoms with Gasteiger partial charge in [-0.25, -0.2) is 0 Å². The number of pyridine rings is 1. The second-order valence-corrected chi connectivity index (χ2v) is 5.41. The van der Waals surface area contributed by atoms with Gasteiger partial charge in [-0.05, 0) is 38.3 Å². The first kappa shape index (κ1) is 14.8. The van der Waals surface area contributed by atoms with Crippen molar-refractivity contribution in [3.05, 3.63) is 23.0 Å². The van der Waals surface area contributed by atoms with Gasteiger partial charge in [-0.1, -0.05) is 0 Å². The van der Waals surface area contributed by atoms with E-state index in [1.165, 1.54) is 0 Å². The van der Waals surface area contributed by atoms with Crippen molar-refractivity contribution in [1.82, 2.24) is 4.98 Å². The standard InChI is InChI=1S/C13H22N4S/c1-9-8-11(17(3)6-5-7-18-4)12(13(14)15)10(2)16-9/h8H,5-7H2,1-4H3,(H3,14,15). The van der Waals surface area contributed by atoms with Gasteiger partial charge in [-0.15, -0.1) is 0 Å². The molecule has 1 heterocycles. The highest BCUT2D eigenvalue weighted by molar-refractivity contribution is 7.98. The van der Waals surface area contributed by atoms with Gasteiger partial charge in [-0.3, -0.25) is 10.4 Å².